The number of fused-ring (bicyclic) bond motifs is 1. The average molecular weight is 505 g/mol. The first-order valence-electron chi connectivity index (χ1n) is 12.6. The smallest absolute Gasteiger partial charge is 0.233 e. The molecule has 8 nitrogen and oxygen atoms in total. The first kappa shape index (κ1) is 25.1. The van der Waals surface area contributed by atoms with E-state index in [1.807, 2.05) is 51.4 Å². The predicted molar refractivity (Wildman–Crippen MR) is 140 cm³/mol. The number of pyridine rings is 2. The van der Waals surface area contributed by atoms with Crippen molar-refractivity contribution >= 4 is 5.65 Å². The van der Waals surface area contributed by atoms with Gasteiger partial charge < -0.3 is 19.6 Å². The van der Waals surface area contributed by atoms with Gasteiger partial charge in [0.15, 0.2) is 6.17 Å². The van der Waals surface area contributed by atoms with Crippen LogP contribution in [0.3, 0.4) is 0 Å². The van der Waals surface area contributed by atoms with Crippen molar-refractivity contribution in [2.45, 2.75) is 77.7 Å². The highest BCUT2D eigenvalue weighted by Gasteiger charge is 2.47. The van der Waals surface area contributed by atoms with Crippen molar-refractivity contribution in [2.75, 3.05) is 0 Å². The summed E-state index contributed by atoms with van der Waals surface area (Å²) in [6.45, 7) is 11.8. The first-order chi connectivity index (χ1) is 17.5. The minimum absolute atomic E-state index is 0.00824. The van der Waals surface area contributed by atoms with Crippen molar-refractivity contribution in [3.8, 4) is 34.1 Å². The molecule has 1 saturated heterocycles. The molecule has 5 rings (SSSR count). The van der Waals surface area contributed by atoms with Crippen LogP contribution in [0.1, 0.15) is 52.3 Å². The fraction of sp³-hybridized carbons (Fsp3) is 0.429. The van der Waals surface area contributed by atoms with Gasteiger partial charge in [-0.3, -0.25) is 0 Å². The van der Waals surface area contributed by atoms with Gasteiger partial charge in [-0.2, -0.15) is 0 Å². The number of nitrogens with one attached hydrogen (secondary N) is 1. The van der Waals surface area contributed by atoms with Crippen molar-refractivity contribution in [3.05, 3.63) is 54.1 Å². The highest BCUT2D eigenvalue weighted by atomic mass is 19.1. The largest absolute Gasteiger partial charge is 0.506 e. The van der Waals surface area contributed by atoms with Crippen LogP contribution in [-0.4, -0.2) is 53.0 Å². The van der Waals surface area contributed by atoms with Crippen molar-refractivity contribution in [2.24, 2.45) is 0 Å². The SMILES string of the molecule is CCc1cc(-c2cnc(-c3ccc(O[C@@H]4CC(C)(C)NC(C)(C)[C@@H]4F)nn3)c(O)c2)cn2cc(C)nc12. The van der Waals surface area contributed by atoms with Crippen molar-refractivity contribution in [1.29, 1.82) is 0 Å². The lowest BCUT2D eigenvalue weighted by Gasteiger charge is -2.48. The third-order valence-corrected chi connectivity index (χ3v) is 6.87. The molecule has 4 aromatic rings. The summed E-state index contributed by atoms with van der Waals surface area (Å²) in [5, 5.41) is 22.5. The van der Waals surface area contributed by atoms with Crippen molar-refractivity contribution in [1.82, 2.24) is 29.9 Å². The molecule has 2 atom stereocenters. The van der Waals surface area contributed by atoms with Crippen LogP contribution in [0.15, 0.2) is 42.9 Å². The van der Waals surface area contributed by atoms with Gasteiger partial charge in [-0.05, 0) is 64.8 Å². The minimum Gasteiger partial charge on any atom is -0.506 e. The molecule has 9 heteroatoms. The standard InChI is InChI=1S/C28H33FN6O2/c1-7-17-10-19(15-35-14-16(2)31-26(17)35)18-11-21(36)24(30-13-18)20-8-9-23(33-32-20)37-22-12-27(3,4)34-28(5,6)25(22)29/h8-11,13-15,22,25,34,36H,7,12H2,1-6H3/t22-,25-/m1/s1. The number of hydrogen-bond acceptors (Lipinski definition) is 7. The van der Waals surface area contributed by atoms with E-state index in [0.717, 1.165) is 34.5 Å². The highest BCUT2D eigenvalue weighted by Crippen LogP contribution is 2.34. The van der Waals surface area contributed by atoms with Crippen LogP contribution in [0.2, 0.25) is 0 Å². The summed E-state index contributed by atoms with van der Waals surface area (Å²) < 4.78 is 23.0. The second-order valence-electron chi connectivity index (χ2n) is 11.1. The number of aryl methyl sites for hydroxylation is 2. The van der Waals surface area contributed by atoms with Crippen LogP contribution in [0.5, 0.6) is 11.6 Å². The molecule has 5 heterocycles. The molecule has 0 spiro atoms. The maximum Gasteiger partial charge on any atom is 0.233 e. The Morgan fingerprint density at radius 1 is 1.14 bits per heavy atom. The zero-order valence-electron chi connectivity index (χ0n) is 22.1. The third kappa shape index (κ3) is 4.87. The lowest BCUT2D eigenvalue weighted by atomic mass is 9.79. The molecular weight excluding hydrogens is 471 g/mol. The second-order valence-corrected chi connectivity index (χ2v) is 11.1. The van der Waals surface area contributed by atoms with Gasteiger partial charge in [0.25, 0.3) is 0 Å². The Bertz CT molecular complexity index is 1450. The first-order valence-corrected chi connectivity index (χ1v) is 12.6. The summed E-state index contributed by atoms with van der Waals surface area (Å²) in [5.41, 5.74) is 4.42. The Morgan fingerprint density at radius 3 is 2.59 bits per heavy atom. The molecule has 0 aromatic carbocycles. The lowest BCUT2D eigenvalue weighted by Crippen LogP contribution is -2.66. The normalized spacial score (nSPS) is 20.7. The van der Waals surface area contributed by atoms with E-state index in [0.29, 0.717) is 17.8 Å². The van der Waals surface area contributed by atoms with Gasteiger partial charge in [0, 0.05) is 53.3 Å². The molecule has 1 aliphatic rings. The molecule has 0 bridgehead atoms. The summed E-state index contributed by atoms with van der Waals surface area (Å²) in [4.78, 5) is 9.08. The fourth-order valence-electron chi connectivity index (χ4n) is 5.35. The summed E-state index contributed by atoms with van der Waals surface area (Å²) in [5.74, 6) is 0.225. The van der Waals surface area contributed by atoms with Crippen LogP contribution in [0, 0.1) is 6.92 Å². The summed E-state index contributed by atoms with van der Waals surface area (Å²) in [6.07, 6.45) is 5.15. The number of aromatic nitrogens is 5. The van der Waals surface area contributed by atoms with Crippen LogP contribution in [0.25, 0.3) is 28.2 Å². The highest BCUT2D eigenvalue weighted by molar-refractivity contribution is 5.72. The number of piperidine rings is 1. The Balaban J connectivity index is 1.38. The molecule has 194 valence electrons. The summed E-state index contributed by atoms with van der Waals surface area (Å²) in [6, 6.07) is 7.05. The van der Waals surface area contributed by atoms with Gasteiger partial charge in [0.05, 0.1) is 5.69 Å². The zero-order chi connectivity index (χ0) is 26.5. The summed E-state index contributed by atoms with van der Waals surface area (Å²) >= 11 is 0. The van der Waals surface area contributed by atoms with Gasteiger partial charge in [-0.1, -0.05) is 6.92 Å². The van der Waals surface area contributed by atoms with Gasteiger partial charge in [-0.15, -0.1) is 10.2 Å². The molecule has 1 aliphatic heterocycles. The maximum atomic E-state index is 15.1. The Morgan fingerprint density at radius 2 is 1.92 bits per heavy atom. The van der Waals surface area contributed by atoms with E-state index < -0.39 is 17.8 Å². The number of hydrogen-bond donors (Lipinski definition) is 2. The van der Waals surface area contributed by atoms with Crippen LogP contribution in [-0.2, 0) is 6.42 Å². The molecular formula is C28H33FN6O2. The van der Waals surface area contributed by atoms with E-state index >= 15 is 4.39 Å². The Hall–Kier alpha value is -3.59. The van der Waals surface area contributed by atoms with E-state index in [-0.39, 0.29) is 17.2 Å². The van der Waals surface area contributed by atoms with E-state index in [9.17, 15) is 5.11 Å². The van der Waals surface area contributed by atoms with Gasteiger partial charge in [0.2, 0.25) is 5.88 Å². The predicted octanol–water partition coefficient (Wildman–Crippen LogP) is 5.07. The molecule has 0 saturated carbocycles. The molecule has 0 unspecified atom stereocenters. The topological polar surface area (TPSA) is 97.5 Å². The fourth-order valence-corrected chi connectivity index (χ4v) is 5.35. The minimum atomic E-state index is -1.21. The van der Waals surface area contributed by atoms with Crippen LogP contribution >= 0.6 is 0 Å². The molecule has 0 aliphatic carbocycles. The lowest BCUT2D eigenvalue weighted by molar-refractivity contribution is -0.0281. The Labute approximate surface area is 216 Å². The van der Waals surface area contributed by atoms with E-state index in [4.69, 9.17) is 4.74 Å². The molecule has 4 aromatic heterocycles. The summed E-state index contributed by atoms with van der Waals surface area (Å²) in [7, 11) is 0. The van der Waals surface area contributed by atoms with Crippen LogP contribution < -0.4 is 10.1 Å². The van der Waals surface area contributed by atoms with Gasteiger partial charge in [0.1, 0.15) is 28.9 Å². The number of aromatic hydroxyl groups is 1. The van der Waals surface area contributed by atoms with Crippen molar-refractivity contribution < 1.29 is 14.2 Å². The number of imidazole rings is 1. The maximum absolute atomic E-state index is 15.1. The number of alkyl halides is 1. The van der Waals surface area contributed by atoms with E-state index in [1.165, 1.54) is 0 Å². The van der Waals surface area contributed by atoms with Gasteiger partial charge in [-0.25, -0.2) is 14.4 Å². The average Bonchev–Trinajstić information content (AvgIpc) is 3.21. The monoisotopic (exact) mass is 504 g/mol. The third-order valence-electron chi connectivity index (χ3n) is 6.87. The van der Waals surface area contributed by atoms with E-state index in [2.05, 4.69) is 38.5 Å². The molecule has 1 fully saturated rings. The molecule has 0 radical (unpaired) electrons. The van der Waals surface area contributed by atoms with Gasteiger partial charge >= 0.3 is 0 Å². The number of halogens is 1. The molecule has 37 heavy (non-hydrogen) atoms. The zero-order valence-corrected chi connectivity index (χ0v) is 22.1. The molecule has 0 amide bonds. The molecule has 2 N–H and O–H groups in total. The van der Waals surface area contributed by atoms with Crippen LogP contribution in [0.4, 0.5) is 4.39 Å². The second kappa shape index (κ2) is 9.06. The Kier molecular flexibility index (Phi) is 6.14. The number of rotatable bonds is 5. The number of nitrogens with zero attached hydrogens (tertiary/aromatic N) is 5. The quantitative estimate of drug-likeness (QED) is 0.392. The van der Waals surface area contributed by atoms with E-state index in [1.54, 1.807) is 24.4 Å². The van der Waals surface area contributed by atoms with Crippen molar-refractivity contribution in [3.63, 3.8) is 0 Å². The number of ether oxygens (including phenoxy) is 1.